The lowest BCUT2D eigenvalue weighted by molar-refractivity contribution is -0.142. The van der Waals surface area contributed by atoms with Gasteiger partial charge in [0, 0.05) is 13.0 Å². The second-order valence-corrected chi connectivity index (χ2v) is 4.65. The maximum absolute atomic E-state index is 11.9. The van der Waals surface area contributed by atoms with Crippen molar-refractivity contribution in [1.82, 2.24) is 5.32 Å². The zero-order chi connectivity index (χ0) is 13.7. The number of aliphatic carboxylic acids is 1. The van der Waals surface area contributed by atoms with Crippen molar-refractivity contribution in [3.05, 3.63) is 35.9 Å². The summed E-state index contributed by atoms with van der Waals surface area (Å²) in [6.07, 6.45) is 0.943. The Morgan fingerprint density at radius 1 is 1.37 bits per heavy atom. The van der Waals surface area contributed by atoms with E-state index in [1.807, 2.05) is 30.3 Å². The first-order chi connectivity index (χ1) is 9.16. The standard InChI is InChI=1S/C14H17NO4/c16-13(11-6-7-19-9-11)15-12(14(17)18)8-10-4-2-1-3-5-10/h1-5,11-12H,6-9H2,(H,15,16)(H,17,18)/t11-,12+/m1/s1. The van der Waals surface area contributed by atoms with E-state index < -0.39 is 12.0 Å². The van der Waals surface area contributed by atoms with Crippen molar-refractivity contribution in [2.24, 2.45) is 5.92 Å². The van der Waals surface area contributed by atoms with Crippen LogP contribution < -0.4 is 5.32 Å². The molecule has 1 fully saturated rings. The average Bonchev–Trinajstić information content (AvgIpc) is 2.93. The summed E-state index contributed by atoms with van der Waals surface area (Å²) in [5, 5.41) is 11.8. The highest BCUT2D eigenvalue weighted by Crippen LogP contribution is 2.13. The van der Waals surface area contributed by atoms with E-state index in [1.54, 1.807) is 0 Å². The molecular weight excluding hydrogens is 246 g/mol. The second-order valence-electron chi connectivity index (χ2n) is 4.65. The third-order valence-electron chi connectivity index (χ3n) is 3.20. The predicted molar refractivity (Wildman–Crippen MR) is 68.6 cm³/mol. The van der Waals surface area contributed by atoms with Crippen molar-refractivity contribution in [1.29, 1.82) is 0 Å². The summed E-state index contributed by atoms with van der Waals surface area (Å²) in [5.74, 6) is -1.48. The topological polar surface area (TPSA) is 75.6 Å². The summed E-state index contributed by atoms with van der Waals surface area (Å²) < 4.78 is 5.13. The van der Waals surface area contributed by atoms with Gasteiger partial charge in [0.25, 0.3) is 0 Å². The molecule has 1 amide bonds. The summed E-state index contributed by atoms with van der Waals surface area (Å²) in [7, 11) is 0. The lowest BCUT2D eigenvalue weighted by atomic mass is 10.0. The number of carboxylic acids is 1. The normalized spacial score (nSPS) is 19.9. The van der Waals surface area contributed by atoms with Crippen molar-refractivity contribution in [2.45, 2.75) is 18.9 Å². The molecule has 1 aromatic carbocycles. The Hall–Kier alpha value is -1.88. The predicted octanol–water partition coefficient (Wildman–Crippen LogP) is 0.835. The van der Waals surface area contributed by atoms with Gasteiger partial charge < -0.3 is 15.2 Å². The van der Waals surface area contributed by atoms with Crippen LogP contribution >= 0.6 is 0 Å². The molecule has 0 unspecified atom stereocenters. The molecule has 1 aliphatic heterocycles. The van der Waals surface area contributed by atoms with Gasteiger partial charge in [-0.05, 0) is 12.0 Å². The van der Waals surface area contributed by atoms with Crippen LogP contribution in [0.1, 0.15) is 12.0 Å². The Bertz CT molecular complexity index is 440. The number of carboxylic acid groups (broad SMARTS) is 1. The van der Waals surface area contributed by atoms with Crippen molar-refractivity contribution in [2.75, 3.05) is 13.2 Å². The molecular formula is C14H17NO4. The average molecular weight is 263 g/mol. The SMILES string of the molecule is O=C(N[C@@H](Cc1ccccc1)C(=O)O)[C@@H]1CCOC1. The van der Waals surface area contributed by atoms with E-state index >= 15 is 0 Å². The number of carbonyl (C=O) groups excluding carboxylic acids is 1. The quantitative estimate of drug-likeness (QED) is 0.825. The minimum atomic E-state index is -1.02. The zero-order valence-electron chi connectivity index (χ0n) is 10.5. The second kappa shape index (κ2) is 6.33. The van der Waals surface area contributed by atoms with Crippen LogP contribution in [0.4, 0.5) is 0 Å². The van der Waals surface area contributed by atoms with Gasteiger partial charge in [-0.2, -0.15) is 0 Å². The molecule has 0 spiro atoms. The number of rotatable bonds is 5. The van der Waals surface area contributed by atoms with Crippen LogP contribution in [0.5, 0.6) is 0 Å². The Morgan fingerprint density at radius 3 is 2.68 bits per heavy atom. The summed E-state index contributed by atoms with van der Waals surface area (Å²) in [5.41, 5.74) is 0.887. The molecule has 1 aliphatic rings. The van der Waals surface area contributed by atoms with Gasteiger partial charge in [0.1, 0.15) is 6.04 Å². The highest BCUT2D eigenvalue weighted by atomic mass is 16.5. The minimum Gasteiger partial charge on any atom is -0.480 e. The highest BCUT2D eigenvalue weighted by molar-refractivity contribution is 5.85. The van der Waals surface area contributed by atoms with Crippen LogP contribution in [0, 0.1) is 5.92 Å². The third-order valence-corrected chi connectivity index (χ3v) is 3.20. The van der Waals surface area contributed by atoms with Gasteiger partial charge in [-0.1, -0.05) is 30.3 Å². The highest BCUT2D eigenvalue weighted by Gasteiger charge is 2.28. The minimum absolute atomic E-state index is 0.224. The Morgan fingerprint density at radius 2 is 2.11 bits per heavy atom. The molecule has 102 valence electrons. The molecule has 0 aliphatic carbocycles. The molecule has 5 nitrogen and oxygen atoms in total. The number of benzene rings is 1. The number of carbonyl (C=O) groups is 2. The largest absolute Gasteiger partial charge is 0.480 e. The monoisotopic (exact) mass is 263 g/mol. The van der Waals surface area contributed by atoms with Crippen LogP contribution in [0.15, 0.2) is 30.3 Å². The Kier molecular flexibility index (Phi) is 4.52. The van der Waals surface area contributed by atoms with Crippen LogP contribution in [-0.4, -0.2) is 36.2 Å². The Balaban J connectivity index is 1.96. The van der Waals surface area contributed by atoms with Gasteiger partial charge in [0.05, 0.1) is 12.5 Å². The lowest BCUT2D eigenvalue weighted by Gasteiger charge is -2.16. The molecule has 2 atom stereocenters. The van der Waals surface area contributed by atoms with E-state index in [0.29, 0.717) is 19.6 Å². The van der Waals surface area contributed by atoms with Crippen molar-refractivity contribution in [3.8, 4) is 0 Å². The van der Waals surface area contributed by atoms with E-state index in [-0.39, 0.29) is 18.2 Å². The van der Waals surface area contributed by atoms with E-state index in [0.717, 1.165) is 5.56 Å². The fraction of sp³-hybridized carbons (Fsp3) is 0.429. The van der Waals surface area contributed by atoms with Crippen LogP contribution in [0.25, 0.3) is 0 Å². The van der Waals surface area contributed by atoms with Gasteiger partial charge in [-0.3, -0.25) is 4.79 Å². The fourth-order valence-corrected chi connectivity index (χ4v) is 2.08. The molecule has 0 bridgehead atoms. The maximum atomic E-state index is 11.9. The van der Waals surface area contributed by atoms with Crippen molar-refractivity contribution in [3.63, 3.8) is 0 Å². The first-order valence-electron chi connectivity index (χ1n) is 6.31. The molecule has 2 rings (SSSR count). The fourth-order valence-electron chi connectivity index (χ4n) is 2.08. The van der Waals surface area contributed by atoms with E-state index in [4.69, 9.17) is 4.74 Å². The summed E-state index contributed by atoms with van der Waals surface area (Å²) in [6, 6.07) is 8.37. The number of nitrogens with one attached hydrogen (secondary N) is 1. The molecule has 1 aromatic rings. The summed E-state index contributed by atoms with van der Waals surface area (Å²) in [4.78, 5) is 23.1. The molecule has 19 heavy (non-hydrogen) atoms. The van der Waals surface area contributed by atoms with E-state index in [1.165, 1.54) is 0 Å². The van der Waals surface area contributed by atoms with Crippen molar-refractivity contribution < 1.29 is 19.4 Å². The summed E-state index contributed by atoms with van der Waals surface area (Å²) in [6.45, 7) is 0.942. The zero-order valence-corrected chi connectivity index (χ0v) is 10.5. The molecule has 1 saturated heterocycles. The molecule has 0 saturated carbocycles. The molecule has 1 heterocycles. The van der Waals surface area contributed by atoms with E-state index in [9.17, 15) is 14.7 Å². The van der Waals surface area contributed by atoms with Gasteiger partial charge in [-0.15, -0.1) is 0 Å². The third kappa shape index (κ3) is 3.79. The van der Waals surface area contributed by atoms with Crippen LogP contribution in [-0.2, 0) is 20.7 Å². The van der Waals surface area contributed by atoms with Gasteiger partial charge in [-0.25, -0.2) is 4.79 Å². The molecule has 5 heteroatoms. The maximum Gasteiger partial charge on any atom is 0.326 e. The van der Waals surface area contributed by atoms with Gasteiger partial charge in [0.15, 0.2) is 0 Å². The Labute approximate surface area is 111 Å². The molecule has 2 N–H and O–H groups in total. The smallest absolute Gasteiger partial charge is 0.326 e. The number of ether oxygens (including phenoxy) is 1. The number of amides is 1. The molecule has 0 aromatic heterocycles. The first kappa shape index (κ1) is 13.5. The molecule has 0 radical (unpaired) electrons. The summed E-state index contributed by atoms with van der Waals surface area (Å²) >= 11 is 0. The van der Waals surface area contributed by atoms with Gasteiger partial charge >= 0.3 is 5.97 Å². The van der Waals surface area contributed by atoms with Gasteiger partial charge in [0.2, 0.25) is 5.91 Å². The lowest BCUT2D eigenvalue weighted by Crippen LogP contribution is -2.45. The van der Waals surface area contributed by atoms with Crippen molar-refractivity contribution >= 4 is 11.9 Å². The number of hydrogen-bond acceptors (Lipinski definition) is 3. The first-order valence-corrected chi connectivity index (χ1v) is 6.31. The van der Waals surface area contributed by atoms with Crippen LogP contribution in [0.2, 0.25) is 0 Å². The van der Waals surface area contributed by atoms with Crippen LogP contribution in [0.3, 0.4) is 0 Å². The van der Waals surface area contributed by atoms with E-state index in [2.05, 4.69) is 5.32 Å². The number of hydrogen-bond donors (Lipinski definition) is 2.